The van der Waals surface area contributed by atoms with Crippen molar-refractivity contribution < 1.29 is 23.2 Å². The molecule has 110 valence electrons. The average molecular weight is 360 g/mol. The van der Waals surface area contributed by atoms with E-state index in [0.717, 1.165) is 6.07 Å². The van der Waals surface area contributed by atoms with Crippen LogP contribution in [0.4, 0.5) is 14.5 Å². The second kappa shape index (κ2) is 6.04. The summed E-state index contributed by atoms with van der Waals surface area (Å²) in [6.45, 7) is 0. The van der Waals surface area contributed by atoms with Gasteiger partial charge < -0.3 is 9.47 Å². The summed E-state index contributed by atoms with van der Waals surface area (Å²) in [7, 11) is 1.46. The lowest BCUT2D eigenvalue weighted by Crippen LogP contribution is -1.99. The molecule has 0 bridgehead atoms. The summed E-state index contributed by atoms with van der Waals surface area (Å²) in [6.07, 6.45) is 0. The molecule has 0 heterocycles. The first-order valence-electron chi connectivity index (χ1n) is 5.58. The molecule has 0 spiro atoms. The molecule has 8 heteroatoms. The number of hydrogen-bond acceptors (Lipinski definition) is 4. The Balaban J connectivity index is 2.48. The minimum absolute atomic E-state index is 0.0865. The van der Waals surface area contributed by atoms with Gasteiger partial charge in [0.2, 0.25) is 11.6 Å². The number of nitro benzene ring substituents is 1. The van der Waals surface area contributed by atoms with Crippen molar-refractivity contribution >= 4 is 21.6 Å². The zero-order valence-electron chi connectivity index (χ0n) is 10.6. The molecular weight excluding hydrogens is 352 g/mol. The van der Waals surface area contributed by atoms with Gasteiger partial charge >= 0.3 is 5.69 Å². The summed E-state index contributed by atoms with van der Waals surface area (Å²) in [5.41, 5.74) is -0.670. The van der Waals surface area contributed by atoms with E-state index in [2.05, 4.69) is 15.9 Å². The van der Waals surface area contributed by atoms with Gasteiger partial charge in [0, 0.05) is 6.07 Å². The number of nitrogens with zero attached hydrogens (tertiary/aromatic N) is 1. The molecule has 0 aliphatic heterocycles. The number of hydrogen-bond donors (Lipinski definition) is 0. The zero-order chi connectivity index (χ0) is 15.6. The van der Waals surface area contributed by atoms with Crippen LogP contribution < -0.4 is 9.47 Å². The second-order valence-electron chi connectivity index (χ2n) is 3.87. The monoisotopic (exact) mass is 359 g/mol. The minimum atomic E-state index is -1.42. The van der Waals surface area contributed by atoms with Crippen molar-refractivity contribution in [3.8, 4) is 17.2 Å². The van der Waals surface area contributed by atoms with Gasteiger partial charge in [0.15, 0.2) is 5.82 Å². The van der Waals surface area contributed by atoms with Gasteiger partial charge in [-0.3, -0.25) is 10.1 Å². The van der Waals surface area contributed by atoms with Crippen LogP contribution in [-0.4, -0.2) is 12.0 Å². The van der Waals surface area contributed by atoms with Gasteiger partial charge in [-0.15, -0.1) is 0 Å². The molecule has 5 nitrogen and oxygen atoms in total. The van der Waals surface area contributed by atoms with E-state index in [1.54, 1.807) is 0 Å². The molecule has 0 aliphatic rings. The first-order valence-corrected chi connectivity index (χ1v) is 6.37. The standard InChI is InChI=1S/C13H8BrF2NO4/c1-20-7-2-5-11(8(14)6-7)21-13-10(17(18)19)4-3-9(15)12(13)16/h2-6H,1H3. The Morgan fingerprint density at radius 3 is 2.52 bits per heavy atom. The minimum Gasteiger partial charge on any atom is -0.497 e. The topological polar surface area (TPSA) is 61.6 Å². The number of methoxy groups -OCH3 is 1. The zero-order valence-corrected chi connectivity index (χ0v) is 12.2. The Labute approximate surface area is 126 Å². The van der Waals surface area contributed by atoms with Crippen molar-refractivity contribution in [1.82, 2.24) is 0 Å². The summed E-state index contributed by atoms with van der Waals surface area (Å²) in [5.74, 6) is -2.86. The smallest absolute Gasteiger partial charge is 0.314 e. The molecule has 0 atom stereocenters. The normalized spacial score (nSPS) is 10.3. The van der Waals surface area contributed by atoms with E-state index in [9.17, 15) is 18.9 Å². The highest BCUT2D eigenvalue weighted by molar-refractivity contribution is 9.10. The molecular formula is C13H8BrF2NO4. The van der Waals surface area contributed by atoms with E-state index in [1.165, 1.54) is 25.3 Å². The maximum Gasteiger partial charge on any atom is 0.314 e. The maximum absolute atomic E-state index is 13.7. The van der Waals surface area contributed by atoms with Crippen LogP contribution in [0.15, 0.2) is 34.8 Å². The Morgan fingerprint density at radius 2 is 1.95 bits per heavy atom. The van der Waals surface area contributed by atoms with E-state index >= 15 is 0 Å². The van der Waals surface area contributed by atoms with E-state index in [0.29, 0.717) is 16.3 Å². The highest BCUT2D eigenvalue weighted by atomic mass is 79.9. The summed E-state index contributed by atoms with van der Waals surface area (Å²) < 4.78 is 37.5. The molecule has 0 aromatic heterocycles. The molecule has 2 aromatic rings. The van der Waals surface area contributed by atoms with Crippen molar-refractivity contribution in [1.29, 1.82) is 0 Å². The van der Waals surface area contributed by atoms with Gasteiger partial charge in [-0.25, -0.2) is 4.39 Å². The molecule has 0 unspecified atom stereocenters. The van der Waals surface area contributed by atoms with Crippen molar-refractivity contribution in [2.75, 3.05) is 7.11 Å². The maximum atomic E-state index is 13.7. The fourth-order valence-electron chi connectivity index (χ4n) is 1.56. The van der Waals surface area contributed by atoms with Gasteiger partial charge in [-0.05, 0) is 40.2 Å². The van der Waals surface area contributed by atoms with Crippen LogP contribution in [0.5, 0.6) is 17.2 Å². The molecule has 2 aromatic carbocycles. The van der Waals surface area contributed by atoms with E-state index in [-0.39, 0.29) is 5.75 Å². The van der Waals surface area contributed by atoms with Gasteiger partial charge in [-0.1, -0.05) is 0 Å². The lowest BCUT2D eigenvalue weighted by atomic mass is 10.2. The first kappa shape index (κ1) is 15.2. The van der Waals surface area contributed by atoms with Crippen molar-refractivity contribution in [2.45, 2.75) is 0 Å². The lowest BCUT2D eigenvalue weighted by Gasteiger charge is -2.10. The number of halogens is 3. The molecule has 0 N–H and O–H groups in total. The molecule has 0 saturated carbocycles. The lowest BCUT2D eigenvalue weighted by molar-refractivity contribution is -0.385. The molecule has 21 heavy (non-hydrogen) atoms. The third kappa shape index (κ3) is 3.10. The SMILES string of the molecule is COc1ccc(Oc2c([N+](=O)[O-])ccc(F)c2F)c(Br)c1. The molecule has 0 radical (unpaired) electrons. The van der Waals surface area contributed by atoms with Crippen LogP contribution in [0.3, 0.4) is 0 Å². The fourth-order valence-corrected chi connectivity index (χ4v) is 2.00. The summed E-state index contributed by atoms with van der Waals surface area (Å²) in [5, 5.41) is 10.9. The van der Waals surface area contributed by atoms with Gasteiger partial charge in [0.05, 0.1) is 16.5 Å². The predicted octanol–water partition coefficient (Wildman–Crippen LogP) is 4.44. The van der Waals surface area contributed by atoms with Gasteiger partial charge in [0.25, 0.3) is 0 Å². The van der Waals surface area contributed by atoms with Crippen molar-refractivity contribution in [3.63, 3.8) is 0 Å². The van der Waals surface area contributed by atoms with E-state index < -0.39 is 28.0 Å². The van der Waals surface area contributed by atoms with Gasteiger partial charge in [0.1, 0.15) is 11.5 Å². The van der Waals surface area contributed by atoms with Crippen LogP contribution in [0, 0.1) is 21.7 Å². The molecule has 0 aliphatic carbocycles. The third-order valence-corrected chi connectivity index (χ3v) is 3.20. The number of rotatable bonds is 4. The number of benzene rings is 2. The Bertz CT molecular complexity index is 709. The van der Waals surface area contributed by atoms with Crippen molar-refractivity contribution in [3.05, 3.63) is 56.6 Å². The quantitative estimate of drug-likeness (QED) is 0.598. The fraction of sp³-hybridized carbons (Fsp3) is 0.0769. The van der Waals surface area contributed by atoms with Crippen LogP contribution in [0.25, 0.3) is 0 Å². The molecule has 0 amide bonds. The summed E-state index contributed by atoms with van der Waals surface area (Å²) in [4.78, 5) is 10.0. The second-order valence-corrected chi connectivity index (χ2v) is 4.72. The number of ether oxygens (including phenoxy) is 2. The van der Waals surface area contributed by atoms with Crippen LogP contribution >= 0.6 is 15.9 Å². The summed E-state index contributed by atoms with van der Waals surface area (Å²) >= 11 is 3.16. The van der Waals surface area contributed by atoms with E-state index in [4.69, 9.17) is 9.47 Å². The van der Waals surface area contributed by atoms with Crippen LogP contribution in [0.1, 0.15) is 0 Å². The van der Waals surface area contributed by atoms with Crippen molar-refractivity contribution in [2.24, 2.45) is 0 Å². The Morgan fingerprint density at radius 1 is 1.24 bits per heavy atom. The van der Waals surface area contributed by atoms with Gasteiger partial charge in [-0.2, -0.15) is 4.39 Å². The Hall–Kier alpha value is -2.22. The molecule has 2 rings (SSSR count). The first-order chi connectivity index (χ1) is 9.93. The van der Waals surface area contributed by atoms with Crippen LogP contribution in [0.2, 0.25) is 0 Å². The average Bonchev–Trinajstić information content (AvgIpc) is 2.45. The van der Waals surface area contributed by atoms with Crippen LogP contribution in [-0.2, 0) is 0 Å². The highest BCUT2D eigenvalue weighted by Crippen LogP contribution is 2.38. The number of nitro groups is 1. The largest absolute Gasteiger partial charge is 0.497 e. The predicted molar refractivity (Wildman–Crippen MR) is 73.8 cm³/mol. The Kier molecular flexibility index (Phi) is 4.37. The molecule has 0 fully saturated rings. The van der Waals surface area contributed by atoms with E-state index in [1.807, 2.05) is 0 Å². The molecule has 0 saturated heterocycles. The summed E-state index contributed by atoms with van der Waals surface area (Å²) in [6, 6.07) is 5.97. The highest BCUT2D eigenvalue weighted by Gasteiger charge is 2.24. The third-order valence-electron chi connectivity index (χ3n) is 2.58.